The summed E-state index contributed by atoms with van der Waals surface area (Å²) in [7, 11) is 0. The fourth-order valence-corrected chi connectivity index (χ4v) is 1.99. The Morgan fingerprint density at radius 1 is 1.10 bits per heavy atom. The molecule has 2 aromatic carbocycles. The van der Waals surface area contributed by atoms with Crippen LogP contribution in [0.4, 0.5) is 0 Å². The summed E-state index contributed by atoms with van der Waals surface area (Å²) >= 11 is 0. The first kappa shape index (κ1) is 14.7. The topological polar surface area (TPSA) is 92.4 Å². The maximum Gasteiger partial charge on any atom is 0.330 e. The second kappa shape index (κ2) is 6.67. The van der Waals surface area contributed by atoms with Crippen LogP contribution in [0.3, 0.4) is 0 Å². The zero-order valence-electron chi connectivity index (χ0n) is 11.3. The van der Waals surface area contributed by atoms with Gasteiger partial charge in [-0.25, -0.2) is 4.79 Å². The molecule has 0 aliphatic rings. The van der Waals surface area contributed by atoms with E-state index in [4.69, 9.17) is 5.73 Å². The van der Waals surface area contributed by atoms with Gasteiger partial charge in [0.2, 0.25) is 0 Å². The predicted molar refractivity (Wildman–Crippen MR) is 78.6 cm³/mol. The van der Waals surface area contributed by atoms with E-state index in [9.17, 15) is 14.7 Å². The van der Waals surface area contributed by atoms with Crippen LogP contribution in [0.5, 0.6) is 0 Å². The highest BCUT2D eigenvalue weighted by atomic mass is 16.4. The smallest absolute Gasteiger partial charge is 0.330 e. The molecule has 1 atom stereocenters. The molecule has 2 rings (SSSR count). The zero-order chi connectivity index (χ0) is 15.2. The molecule has 1 unspecified atom stereocenters. The Labute approximate surface area is 122 Å². The third-order valence-electron chi connectivity index (χ3n) is 3.08. The van der Waals surface area contributed by atoms with Crippen molar-refractivity contribution in [2.24, 2.45) is 5.73 Å². The van der Waals surface area contributed by atoms with Gasteiger partial charge in [-0.05, 0) is 23.3 Å². The normalized spacial score (nSPS) is 11.7. The van der Waals surface area contributed by atoms with Crippen LogP contribution in [0.1, 0.15) is 27.5 Å². The molecule has 0 fully saturated rings. The van der Waals surface area contributed by atoms with E-state index in [2.05, 4.69) is 5.32 Å². The van der Waals surface area contributed by atoms with E-state index in [1.54, 1.807) is 48.5 Å². The van der Waals surface area contributed by atoms with Crippen molar-refractivity contribution in [1.29, 1.82) is 0 Å². The molecule has 0 aromatic heterocycles. The summed E-state index contributed by atoms with van der Waals surface area (Å²) in [6.45, 7) is 0.322. The SMILES string of the molecule is NCc1cccc(C(=O)NC(C(=O)O)c2ccccc2)c1. The third-order valence-corrected chi connectivity index (χ3v) is 3.08. The van der Waals surface area contributed by atoms with Gasteiger partial charge < -0.3 is 16.2 Å². The van der Waals surface area contributed by atoms with Crippen LogP contribution in [-0.4, -0.2) is 17.0 Å². The van der Waals surface area contributed by atoms with Crippen LogP contribution >= 0.6 is 0 Å². The van der Waals surface area contributed by atoms with Gasteiger partial charge in [-0.15, -0.1) is 0 Å². The first-order valence-corrected chi connectivity index (χ1v) is 6.49. The van der Waals surface area contributed by atoms with Gasteiger partial charge in [0.25, 0.3) is 5.91 Å². The van der Waals surface area contributed by atoms with E-state index in [0.29, 0.717) is 17.7 Å². The zero-order valence-corrected chi connectivity index (χ0v) is 11.3. The standard InChI is InChI=1S/C16H16N2O3/c17-10-11-5-4-8-13(9-11)15(19)18-14(16(20)21)12-6-2-1-3-7-12/h1-9,14H,10,17H2,(H,18,19)(H,20,21). The Balaban J connectivity index is 2.21. The van der Waals surface area contributed by atoms with Crippen LogP contribution < -0.4 is 11.1 Å². The number of carboxylic acid groups (broad SMARTS) is 1. The summed E-state index contributed by atoms with van der Waals surface area (Å²) in [5, 5.41) is 11.8. The first-order valence-electron chi connectivity index (χ1n) is 6.49. The average Bonchev–Trinajstić information content (AvgIpc) is 2.53. The molecular weight excluding hydrogens is 268 g/mol. The number of aliphatic carboxylic acids is 1. The quantitative estimate of drug-likeness (QED) is 0.779. The number of carbonyl (C=O) groups is 2. The minimum absolute atomic E-state index is 0.322. The Bertz CT molecular complexity index is 641. The number of amides is 1. The highest BCUT2D eigenvalue weighted by Gasteiger charge is 2.22. The number of hydrogen-bond acceptors (Lipinski definition) is 3. The summed E-state index contributed by atoms with van der Waals surface area (Å²) in [6.07, 6.45) is 0. The lowest BCUT2D eigenvalue weighted by Crippen LogP contribution is -2.33. The number of carboxylic acids is 1. The lowest BCUT2D eigenvalue weighted by molar-refractivity contribution is -0.139. The molecule has 108 valence electrons. The molecule has 0 heterocycles. The maximum atomic E-state index is 12.2. The van der Waals surface area contributed by atoms with Crippen molar-refractivity contribution >= 4 is 11.9 Å². The van der Waals surface area contributed by atoms with Crippen molar-refractivity contribution in [2.45, 2.75) is 12.6 Å². The van der Waals surface area contributed by atoms with Gasteiger partial charge in [0.05, 0.1) is 0 Å². The minimum atomic E-state index is -1.11. The molecule has 0 aliphatic carbocycles. The molecule has 0 saturated carbocycles. The summed E-state index contributed by atoms with van der Waals surface area (Å²) in [4.78, 5) is 23.5. The molecule has 21 heavy (non-hydrogen) atoms. The van der Waals surface area contributed by atoms with Gasteiger partial charge in [0.15, 0.2) is 6.04 Å². The largest absolute Gasteiger partial charge is 0.479 e. The average molecular weight is 284 g/mol. The second-order valence-electron chi connectivity index (χ2n) is 4.56. The Morgan fingerprint density at radius 2 is 1.81 bits per heavy atom. The molecule has 5 heteroatoms. The molecular formula is C16H16N2O3. The van der Waals surface area contributed by atoms with Crippen molar-refractivity contribution in [3.8, 4) is 0 Å². The minimum Gasteiger partial charge on any atom is -0.479 e. The molecule has 0 spiro atoms. The van der Waals surface area contributed by atoms with E-state index in [-0.39, 0.29) is 0 Å². The second-order valence-corrected chi connectivity index (χ2v) is 4.56. The fraction of sp³-hybridized carbons (Fsp3) is 0.125. The molecule has 2 aromatic rings. The number of benzene rings is 2. The van der Waals surface area contributed by atoms with Crippen LogP contribution in [0, 0.1) is 0 Å². The first-order chi connectivity index (χ1) is 10.1. The summed E-state index contributed by atoms with van der Waals surface area (Å²) < 4.78 is 0. The van der Waals surface area contributed by atoms with Crippen molar-refractivity contribution in [3.63, 3.8) is 0 Å². The van der Waals surface area contributed by atoms with Crippen molar-refractivity contribution < 1.29 is 14.7 Å². The highest BCUT2D eigenvalue weighted by Crippen LogP contribution is 2.14. The van der Waals surface area contributed by atoms with Gasteiger partial charge in [0.1, 0.15) is 0 Å². The van der Waals surface area contributed by atoms with Crippen molar-refractivity contribution in [3.05, 3.63) is 71.3 Å². The van der Waals surface area contributed by atoms with Crippen molar-refractivity contribution in [2.75, 3.05) is 0 Å². The van der Waals surface area contributed by atoms with Gasteiger partial charge in [-0.1, -0.05) is 42.5 Å². The monoisotopic (exact) mass is 284 g/mol. The Hall–Kier alpha value is -2.66. The molecule has 0 aliphatic heterocycles. The Kier molecular flexibility index (Phi) is 4.68. The van der Waals surface area contributed by atoms with Crippen molar-refractivity contribution in [1.82, 2.24) is 5.32 Å². The van der Waals surface area contributed by atoms with E-state index in [0.717, 1.165) is 5.56 Å². The lowest BCUT2D eigenvalue weighted by atomic mass is 10.1. The fourth-order valence-electron chi connectivity index (χ4n) is 1.99. The van der Waals surface area contributed by atoms with Crippen LogP contribution in [-0.2, 0) is 11.3 Å². The van der Waals surface area contributed by atoms with Gasteiger partial charge in [0, 0.05) is 12.1 Å². The Morgan fingerprint density at radius 3 is 2.43 bits per heavy atom. The number of hydrogen-bond donors (Lipinski definition) is 3. The molecule has 0 radical (unpaired) electrons. The number of rotatable bonds is 5. The van der Waals surface area contributed by atoms with Crippen LogP contribution in [0.2, 0.25) is 0 Å². The molecule has 0 bridgehead atoms. The van der Waals surface area contributed by atoms with Gasteiger partial charge in [-0.3, -0.25) is 4.79 Å². The van der Waals surface area contributed by atoms with E-state index in [1.807, 2.05) is 6.07 Å². The number of nitrogens with one attached hydrogen (secondary N) is 1. The maximum absolute atomic E-state index is 12.2. The summed E-state index contributed by atoms with van der Waals surface area (Å²) in [5.74, 6) is -1.55. The highest BCUT2D eigenvalue weighted by molar-refractivity contribution is 5.97. The lowest BCUT2D eigenvalue weighted by Gasteiger charge is -2.15. The van der Waals surface area contributed by atoms with Crippen LogP contribution in [0.15, 0.2) is 54.6 Å². The van der Waals surface area contributed by atoms with Crippen LogP contribution in [0.25, 0.3) is 0 Å². The van der Waals surface area contributed by atoms with E-state index < -0.39 is 17.9 Å². The predicted octanol–water partition coefficient (Wildman–Crippen LogP) is 1.70. The number of carbonyl (C=O) groups excluding carboxylic acids is 1. The summed E-state index contributed by atoms with van der Waals surface area (Å²) in [6, 6.07) is 14.3. The van der Waals surface area contributed by atoms with Gasteiger partial charge in [-0.2, -0.15) is 0 Å². The van der Waals surface area contributed by atoms with E-state index >= 15 is 0 Å². The molecule has 4 N–H and O–H groups in total. The molecule has 1 amide bonds. The molecule has 5 nitrogen and oxygen atoms in total. The molecule has 0 saturated heterocycles. The summed E-state index contributed by atoms with van der Waals surface area (Å²) in [5.41, 5.74) is 7.26. The number of nitrogens with two attached hydrogens (primary N) is 1. The van der Waals surface area contributed by atoms with Gasteiger partial charge >= 0.3 is 5.97 Å². The third kappa shape index (κ3) is 3.67. The van der Waals surface area contributed by atoms with E-state index in [1.165, 1.54) is 0 Å².